The second kappa shape index (κ2) is 10.4. The molecule has 0 spiro atoms. The minimum absolute atomic E-state index is 0.846. The van der Waals surface area contributed by atoms with E-state index in [-0.39, 0.29) is 0 Å². The SMILES string of the molecule is c1ccc2c(-c3c4ccccc4c(-c4ccc(-c5ccc6oc7c(ccc8oc9ccccc9c87)c6c5)cc4)c4ccccc34)cccc2c1. The molecule has 0 fully saturated rings. The Balaban J connectivity index is 1.07. The fourth-order valence-electron chi connectivity index (χ4n) is 8.22. The molecule has 0 aliphatic heterocycles. The quantitative estimate of drug-likeness (QED) is 0.180. The molecule has 232 valence electrons. The molecule has 11 aromatic rings. The van der Waals surface area contributed by atoms with E-state index in [1.54, 1.807) is 0 Å². The largest absolute Gasteiger partial charge is 0.456 e. The van der Waals surface area contributed by atoms with Crippen molar-refractivity contribution in [3.8, 4) is 33.4 Å². The number of benzene rings is 9. The summed E-state index contributed by atoms with van der Waals surface area (Å²) in [6.07, 6.45) is 0. The van der Waals surface area contributed by atoms with Gasteiger partial charge in [0.1, 0.15) is 22.3 Å². The Kier molecular flexibility index (Phi) is 5.70. The molecule has 0 aliphatic carbocycles. The van der Waals surface area contributed by atoms with Gasteiger partial charge in [-0.3, -0.25) is 0 Å². The maximum Gasteiger partial charge on any atom is 0.147 e. The van der Waals surface area contributed by atoms with Crippen molar-refractivity contribution in [3.05, 3.63) is 170 Å². The topological polar surface area (TPSA) is 26.3 Å². The van der Waals surface area contributed by atoms with Crippen molar-refractivity contribution in [2.24, 2.45) is 0 Å². The van der Waals surface area contributed by atoms with Crippen LogP contribution in [0.5, 0.6) is 0 Å². The zero-order chi connectivity index (χ0) is 32.8. The molecular formula is C48H28O2. The summed E-state index contributed by atoms with van der Waals surface area (Å²) in [4.78, 5) is 0. The smallest absolute Gasteiger partial charge is 0.147 e. The van der Waals surface area contributed by atoms with Gasteiger partial charge < -0.3 is 8.83 Å². The van der Waals surface area contributed by atoms with Crippen molar-refractivity contribution in [1.29, 1.82) is 0 Å². The van der Waals surface area contributed by atoms with Gasteiger partial charge in [0.15, 0.2) is 0 Å². The Bertz CT molecular complexity index is 3080. The Hall–Kier alpha value is -6.64. The van der Waals surface area contributed by atoms with Crippen LogP contribution in [0.1, 0.15) is 0 Å². The lowest BCUT2D eigenvalue weighted by Crippen LogP contribution is -1.91. The number of para-hydroxylation sites is 1. The first-order valence-electron chi connectivity index (χ1n) is 17.1. The Labute approximate surface area is 287 Å². The Morgan fingerprint density at radius 1 is 0.300 bits per heavy atom. The highest BCUT2D eigenvalue weighted by Gasteiger charge is 2.19. The fraction of sp³-hybridized carbons (Fsp3) is 0. The molecule has 9 aromatic carbocycles. The summed E-state index contributed by atoms with van der Waals surface area (Å²) in [6.45, 7) is 0. The molecule has 0 unspecified atom stereocenters. The molecule has 0 bridgehead atoms. The van der Waals surface area contributed by atoms with Crippen LogP contribution in [-0.2, 0) is 0 Å². The lowest BCUT2D eigenvalue weighted by molar-refractivity contribution is 0.663. The standard InChI is InChI=1S/C48H28O2/c1-2-12-33-30(10-1)11-9-18-34(33)46-37-15-5-3-13-35(37)45(36-14-4-6-16-38(36)46)31-22-20-29(21-23-31)32-24-26-43-41(28-32)39-25-27-44-47(48(39)50-43)40-17-7-8-19-42(40)49-44/h1-28H. The minimum atomic E-state index is 0.846. The third-order valence-electron chi connectivity index (χ3n) is 10.5. The maximum atomic E-state index is 6.49. The van der Waals surface area contributed by atoms with E-state index < -0.39 is 0 Å². The van der Waals surface area contributed by atoms with Gasteiger partial charge in [-0.05, 0) is 96.0 Å². The van der Waals surface area contributed by atoms with Gasteiger partial charge in [-0.25, -0.2) is 0 Å². The van der Waals surface area contributed by atoms with Crippen molar-refractivity contribution < 1.29 is 8.83 Å². The van der Waals surface area contributed by atoms with Crippen molar-refractivity contribution >= 4 is 76.2 Å². The zero-order valence-corrected chi connectivity index (χ0v) is 27.0. The lowest BCUT2D eigenvalue weighted by Gasteiger charge is -2.19. The van der Waals surface area contributed by atoms with E-state index in [4.69, 9.17) is 8.83 Å². The molecule has 0 saturated heterocycles. The van der Waals surface area contributed by atoms with Crippen LogP contribution in [0.15, 0.2) is 179 Å². The second-order valence-corrected chi connectivity index (χ2v) is 13.2. The van der Waals surface area contributed by atoms with Crippen molar-refractivity contribution in [2.45, 2.75) is 0 Å². The van der Waals surface area contributed by atoms with Crippen LogP contribution >= 0.6 is 0 Å². The normalized spacial score (nSPS) is 12.0. The molecule has 2 aromatic heterocycles. The highest BCUT2D eigenvalue weighted by Crippen LogP contribution is 2.46. The van der Waals surface area contributed by atoms with Gasteiger partial charge in [0.05, 0.1) is 5.39 Å². The molecule has 0 N–H and O–H groups in total. The highest BCUT2D eigenvalue weighted by molar-refractivity contribution is 6.24. The fourth-order valence-corrected chi connectivity index (χ4v) is 8.22. The summed E-state index contributed by atoms with van der Waals surface area (Å²) in [5.41, 5.74) is 10.8. The Morgan fingerprint density at radius 2 is 0.860 bits per heavy atom. The third-order valence-corrected chi connectivity index (χ3v) is 10.5. The van der Waals surface area contributed by atoms with E-state index in [1.807, 2.05) is 18.2 Å². The first-order chi connectivity index (χ1) is 24.8. The van der Waals surface area contributed by atoms with Crippen LogP contribution in [0.4, 0.5) is 0 Å². The van der Waals surface area contributed by atoms with Crippen LogP contribution in [0.3, 0.4) is 0 Å². The van der Waals surface area contributed by atoms with E-state index in [0.29, 0.717) is 0 Å². The molecule has 0 atom stereocenters. The van der Waals surface area contributed by atoms with Gasteiger partial charge in [0, 0.05) is 16.2 Å². The number of rotatable bonds is 3. The Morgan fingerprint density at radius 3 is 1.62 bits per heavy atom. The van der Waals surface area contributed by atoms with Crippen molar-refractivity contribution in [3.63, 3.8) is 0 Å². The van der Waals surface area contributed by atoms with E-state index in [0.717, 1.165) is 49.4 Å². The van der Waals surface area contributed by atoms with Crippen LogP contribution < -0.4 is 0 Å². The molecular weight excluding hydrogens is 609 g/mol. The van der Waals surface area contributed by atoms with E-state index in [2.05, 4.69) is 152 Å². The van der Waals surface area contributed by atoms with Crippen LogP contribution in [0, 0.1) is 0 Å². The zero-order valence-electron chi connectivity index (χ0n) is 27.0. The average molecular weight is 637 g/mol. The first-order valence-corrected chi connectivity index (χ1v) is 17.1. The molecule has 0 saturated carbocycles. The van der Waals surface area contributed by atoms with E-state index in [9.17, 15) is 0 Å². The van der Waals surface area contributed by atoms with E-state index >= 15 is 0 Å². The molecule has 11 rings (SSSR count). The molecule has 2 heteroatoms. The molecule has 0 amide bonds. The summed E-state index contributed by atoms with van der Waals surface area (Å²) >= 11 is 0. The van der Waals surface area contributed by atoms with Crippen LogP contribution in [0.25, 0.3) is 110 Å². The molecule has 2 nitrogen and oxygen atoms in total. The van der Waals surface area contributed by atoms with E-state index in [1.165, 1.54) is 60.1 Å². The monoisotopic (exact) mass is 636 g/mol. The highest BCUT2D eigenvalue weighted by atomic mass is 16.3. The predicted octanol–water partition coefficient (Wildman–Crippen LogP) is 13.9. The molecule has 50 heavy (non-hydrogen) atoms. The number of furan rings is 2. The first kappa shape index (κ1) is 27.3. The molecule has 0 aliphatic rings. The molecule has 0 radical (unpaired) electrons. The van der Waals surface area contributed by atoms with Crippen LogP contribution in [0.2, 0.25) is 0 Å². The van der Waals surface area contributed by atoms with Gasteiger partial charge in [0.2, 0.25) is 0 Å². The summed E-state index contributed by atoms with van der Waals surface area (Å²) in [5.74, 6) is 0. The summed E-state index contributed by atoms with van der Waals surface area (Å²) < 4.78 is 12.6. The van der Waals surface area contributed by atoms with Crippen molar-refractivity contribution in [2.75, 3.05) is 0 Å². The maximum absolute atomic E-state index is 6.49. The van der Waals surface area contributed by atoms with Gasteiger partial charge >= 0.3 is 0 Å². The van der Waals surface area contributed by atoms with Gasteiger partial charge in [0.25, 0.3) is 0 Å². The minimum Gasteiger partial charge on any atom is -0.456 e. The van der Waals surface area contributed by atoms with Gasteiger partial charge in [-0.2, -0.15) is 0 Å². The molecule has 2 heterocycles. The number of hydrogen-bond donors (Lipinski definition) is 0. The second-order valence-electron chi connectivity index (χ2n) is 13.2. The number of fused-ring (bicyclic) bond motifs is 10. The predicted molar refractivity (Wildman–Crippen MR) is 210 cm³/mol. The number of hydrogen-bond acceptors (Lipinski definition) is 2. The van der Waals surface area contributed by atoms with Gasteiger partial charge in [-0.15, -0.1) is 0 Å². The van der Waals surface area contributed by atoms with Crippen LogP contribution in [-0.4, -0.2) is 0 Å². The third kappa shape index (κ3) is 3.90. The lowest BCUT2D eigenvalue weighted by atomic mass is 9.84. The van der Waals surface area contributed by atoms with Gasteiger partial charge in [-0.1, -0.05) is 140 Å². The van der Waals surface area contributed by atoms with Crippen molar-refractivity contribution in [1.82, 2.24) is 0 Å². The summed E-state index contributed by atoms with van der Waals surface area (Å²) in [6, 6.07) is 61.0. The average Bonchev–Trinajstić information content (AvgIpc) is 3.75. The summed E-state index contributed by atoms with van der Waals surface area (Å²) in [7, 11) is 0. The summed E-state index contributed by atoms with van der Waals surface area (Å²) in [5, 5.41) is 11.9.